The molecule has 12 heavy (non-hydrogen) atoms. The van der Waals surface area contributed by atoms with Crippen molar-refractivity contribution in [2.45, 2.75) is 6.92 Å². The number of aryl methyl sites for hydroxylation is 1. The molecule has 1 aromatic heterocycles. The maximum absolute atomic E-state index is 9.38. The number of hydrogen-bond acceptors (Lipinski definition) is 3. The van der Waals surface area contributed by atoms with Crippen LogP contribution in [-0.2, 0) is 0 Å². The molecule has 0 amide bonds. The summed E-state index contributed by atoms with van der Waals surface area (Å²) >= 11 is 1.19. The minimum atomic E-state index is -0.00407. The Morgan fingerprint density at radius 1 is 1.25 bits per heavy atom. The van der Waals surface area contributed by atoms with Crippen molar-refractivity contribution in [3.63, 3.8) is 0 Å². The standard InChI is InChI=1S/C9H8O2S/c1-5-2-3-7-6(4-5)8(10)9(11)12-7/h2-4,10-11H,1H3. The van der Waals surface area contributed by atoms with Crippen LogP contribution in [0.1, 0.15) is 5.56 Å². The Morgan fingerprint density at radius 3 is 2.75 bits per heavy atom. The molecule has 0 unspecified atom stereocenters. The predicted octanol–water partition coefficient (Wildman–Crippen LogP) is 2.62. The molecule has 2 N–H and O–H groups in total. The fourth-order valence-corrected chi connectivity index (χ4v) is 2.00. The summed E-state index contributed by atoms with van der Waals surface area (Å²) in [5.74, 6) is -0.00120. The van der Waals surface area contributed by atoms with Gasteiger partial charge in [-0.25, -0.2) is 0 Å². The fourth-order valence-electron chi connectivity index (χ4n) is 1.19. The van der Waals surface area contributed by atoms with Crippen LogP contribution in [0.15, 0.2) is 18.2 Å². The molecule has 0 aliphatic rings. The molecule has 0 saturated carbocycles. The highest BCUT2D eigenvalue weighted by atomic mass is 32.1. The molecule has 0 spiro atoms. The van der Waals surface area contributed by atoms with Gasteiger partial charge in [-0.2, -0.15) is 0 Å². The van der Waals surface area contributed by atoms with Gasteiger partial charge in [-0.15, -0.1) is 0 Å². The highest BCUT2D eigenvalue weighted by Crippen LogP contribution is 2.42. The number of hydrogen-bond donors (Lipinski definition) is 2. The smallest absolute Gasteiger partial charge is 0.215 e. The number of thiophene rings is 1. The first-order chi connectivity index (χ1) is 5.68. The van der Waals surface area contributed by atoms with Crippen LogP contribution in [0.4, 0.5) is 0 Å². The van der Waals surface area contributed by atoms with Crippen molar-refractivity contribution in [1.29, 1.82) is 0 Å². The molecule has 0 aliphatic carbocycles. The third-order valence-corrected chi connectivity index (χ3v) is 2.76. The lowest BCUT2D eigenvalue weighted by Gasteiger charge is -1.92. The van der Waals surface area contributed by atoms with Crippen molar-refractivity contribution >= 4 is 21.4 Å². The van der Waals surface area contributed by atoms with Crippen LogP contribution >= 0.6 is 11.3 Å². The Hall–Kier alpha value is -1.22. The minimum absolute atomic E-state index is 0.00120. The van der Waals surface area contributed by atoms with Gasteiger partial charge in [0.25, 0.3) is 0 Å². The van der Waals surface area contributed by atoms with E-state index in [4.69, 9.17) is 0 Å². The van der Waals surface area contributed by atoms with Crippen molar-refractivity contribution in [1.82, 2.24) is 0 Å². The van der Waals surface area contributed by atoms with E-state index in [-0.39, 0.29) is 10.8 Å². The molecule has 0 radical (unpaired) electrons. The van der Waals surface area contributed by atoms with Gasteiger partial charge in [0.1, 0.15) is 0 Å². The maximum atomic E-state index is 9.38. The summed E-state index contributed by atoms with van der Waals surface area (Å²) in [5.41, 5.74) is 1.08. The summed E-state index contributed by atoms with van der Waals surface area (Å²) in [4.78, 5) is 0. The quantitative estimate of drug-likeness (QED) is 0.654. The highest BCUT2D eigenvalue weighted by Gasteiger charge is 2.08. The Balaban J connectivity index is 2.88. The Bertz CT molecular complexity index is 431. The summed E-state index contributed by atoms with van der Waals surface area (Å²) < 4.78 is 0.913. The molecule has 0 atom stereocenters. The van der Waals surface area contributed by atoms with Crippen LogP contribution in [0.5, 0.6) is 10.8 Å². The van der Waals surface area contributed by atoms with Gasteiger partial charge in [-0.05, 0) is 19.1 Å². The lowest BCUT2D eigenvalue weighted by molar-refractivity contribution is 0.419. The van der Waals surface area contributed by atoms with Gasteiger partial charge in [-0.1, -0.05) is 23.0 Å². The first-order valence-electron chi connectivity index (χ1n) is 3.59. The molecule has 0 bridgehead atoms. The minimum Gasteiger partial charge on any atom is -0.503 e. The molecule has 0 fully saturated rings. The zero-order valence-electron chi connectivity index (χ0n) is 6.53. The van der Waals surface area contributed by atoms with E-state index < -0.39 is 0 Å². The highest BCUT2D eigenvalue weighted by molar-refractivity contribution is 7.21. The molecule has 2 rings (SSSR count). The van der Waals surface area contributed by atoms with Gasteiger partial charge in [0.15, 0.2) is 5.75 Å². The largest absolute Gasteiger partial charge is 0.503 e. The van der Waals surface area contributed by atoms with Gasteiger partial charge in [0.2, 0.25) is 5.06 Å². The van der Waals surface area contributed by atoms with E-state index in [0.717, 1.165) is 15.6 Å². The lowest BCUT2D eigenvalue weighted by Crippen LogP contribution is -1.68. The van der Waals surface area contributed by atoms with E-state index in [9.17, 15) is 10.2 Å². The zero-order chi connectivity index (χ0) is 8.72. The van der Waals surface area contributed by atoms with E-state index in [1.165, 1.54) is 11.3 Å². The summed E-state index contributed by atoms with van der Waals surface area (Å²) in [6.07, 6.45) is 0. The van der Waals surface area contributed by atoms with Gasteiger partial charge < -0.3 is 10.2 Å². The molecule has 2 nitrogen and oxygen atoms in total. The molecule has 0 saturated heterocycles. The van der Waals surface area contributed by atoms with Crippen molar-refractivity contribution in [3.05, 3.63) is 23.8 Å². The van der Waals surface area contributed by atoms with E-state index in [1.807, 2.05) is 25.1 Å². The summed E-state index contributed by atoms with van der Waals surface area (Å²) in [7, 11) is 0. The average Bonchev–Trinajstić information content (AvgIpc) is 2.31. The van der Waals surface area contributed by atoms with Crippen LogP contribution < -0.4 is 0 Å². The van der Waals surface area contributed by atoms with E-state index in [0.29, 0.717) is 0 Å². The Labute approximate surface area is 73.7 Å². The monoisotopic (exact) mass is 180 g/mol. The van der Waals surface area contributed by atoms with Crippen LogP contribution in [0.2, 0.25) is 0 Å². The number of rotatable bonds is 0. The molecular formula is C9H8O2S. The number of fused-ring (bicyclic) bond motifs is 1. The second-order valence-corrected chi connectivity index (χ2v) is 3.79. The predicted molar refractivity (Wildman–Crippen MR) is 49.9 cm³/mol. The average molecular weight is 180 g/mol. The third kappa shape index (κ3) is 0.940. The first kappa shape index (κ1) is 7.43. The van der Waals surface area contributed by atoms with Crippen molar-refractivity contribution in [3.8, 4) is 10.8 Å². The van der Waals surface area contributed by atoms with E-state index in [1.54, 1.807) is 0 Å². The Kier molecular flexibility index (Phi) is 1.48. The van der Waals surface area contributed by atoms with Crippen LogP contribution in [0.25, 0.3) is 10.1 Å². The summed E-state index contributed by atoms with van der Waals surface area (Å²) in [6.45, 7) is 1.95. The van der Waals surface area contributed by atoms with Crippen LogP contribution in [-0.4, -0.2) is 10.2 Å². The SMILES string of the molecule is Cc1ccc2sc(O)c(O)c2c1. The summed E-state index contributed by atoms with van der Waals surface area (Å²) in [5, 5.41) is 19.3. The molecule has 1 heterocycles. The second-order valence-electron chi connectivity index (χ2n) is 2.76. The first-order valence-corrected chi connectivity index (χ1v) is 4.41. The molecule has 62 valence electrons. The Morgan fingerprint density at radius 2 is 2.00 bits per heavy atom. The van der Waals surface area contributed by atoms with Crippen LogP contribution in [0.3, 0.4) is 0 Å². The third-order valence-electron chi connectivity index (χ3n) is 1.80. The van der Waals surface area contributed by atoms with Crippen LogP contribution in [0, 0.1) is 6.92 Å². The molecule has 1 aromatic carbocycles. The van der Waals surface area contributed by atoms with Gasteiger partial charge in [-0.3, -0.25) is 0 Å². The van der Waals surface area contributed by atoms with Gasteiger partial charge in [0, 0.05) is 10.1 Å². The second kappa shape index (κ2) is 2.38. The van der Waals surface area contributed by atoms with E-state index in [2.05, 4.69) is 0 Å². The van der Waals surface area contributed by atoms with Gasteiger partial charge >= 0.3 is 0 Å². The van der Waals surface area contributed by atoms with E-state index >= 15 is 0 Å². The topological polar surface area (TPSA) is 40.5 Å². The molecular weight excluding hydrogens is 172 g/mol. The van der Waals surface area contributed by atoms with Crippen molar-refractivity contribution in [2.24, 2.45) is 0 Å². The fraction of sp³-hybridized carbons (Fsp3) is 0.111. The van der Waals surface area contributed by atoms with Crippen molar-refractivity contribution < 1.29 is 10.2 Å². The molecule has 0 aliphatic heterocycles. The number of benzene rings is 1. The molecule has 3 heteroatoms. The normalized spacial score (nSPS) is 10.8. The zero-order valence-corrected chi connectivity index (χ0v) is 7.35. The molecule has 2 aromatic rings. The maximum Gasteiger partial charge on any atom is 0.215 e. The summed E-state index contributed by atoms with van der Waals surface area (Å²) in [6, 6.07) is 5.72. The number of aromatic hydroxyl groups is 2. The van der Waals surface area contributed by atoms with Gasteiger partial charge in [0.05, 0.1) is 0 Å². The lowest BCUT2D eigenvalue weighted by atomic mass is 10.2. The van der Waals surface area contributed by atoms with Crippen molar-refractivity contribution in [2.75, 3.05) is 0 Å².